The summed E-state index contributed by atoms with van der Waals surface area (Å²) >= 11 is 12.4. The number of nitrogens with zero attached hydrogens (tertiary/aromatic N) is 1. The second-order valence-electron chi connectivity index (χ2n) is 6.75. The molecule has 2 aromatic carbocycles. The van der Waals surface area contributed by atoms with E-state index in [0.717, 1.165) is 4.90 Å². The molecule has 6 heteroatoms. The Bertz CT molecular complexity index is 933. The number of ether oxygens (including phenoxy) is 1. The molecular formula is C21H19Cl2NO3. The molecule has 0 spiro atoms. The van der Waals surface area contributed by atoms with E-state index < -0.39 is 11.8 Å². The van der Waals surface area contributed by atoms with Gasteiger partial charge in [0.05, 0.1) is 17.9 Å². The lowest BCUT2D eigenvalue weighted by atomic mass is 10.1. The highest BCUT2D eigenvalue weighted by molar-refractivity contribution is 6.60. The van der Waals surface area contributed by atoms with Crippen molar-refractivity contribution in [2.75, 3.05) is 11.5 Å². The molecule has 0 aromatic heterocycles. The normalized spacial score (nSPS) is 14.5. The molecule has 27 heavy (non-hydrogen) atoms. The first-order valence-electron chi connectivity index (χ1n) is 8.58. The van der Waals surface area contributed by atoms with Crippen LogP contribution >= 0.6 is 23.2 Å². The van der Waals surface area contributed by atoms with Gasteiger partial charge in [-0.25, -0.2) is 4.90 Å². The fourth-order valence-electron chi connectivity index (χ4n) is 2.79. The Balaban J connectivity index is 1.92. The molecule has 0 aliphatic carbocycles. The molecule has 4 nitrogen and oxygen atoms in total. The molecule has 0 radical (unpaired) electrons. The van der Waals surface area contributed by atoms with Crippen molar-refractivity contribution in [1.82, 2.24) is 0 Å². The number of anilines is 1. The van der Waals surface area contributed by atoms with Gasteiger partial charge in [0.15, 0.2) is 0 Å². The minimum absolute atomic E-state index is 0.102. The van der Waals surface area contributed by atoms with Gasteiger partial charge in [-0.1, -0.05) is 55.2 Å². The summed E-state index contributed by atoms with van der Waals surface area (Å²) in [4.78, 5) is 26.7. The lowest BCUT2D eigenvalue weighted by Crippen LogP contribution is -2.31. The first-order valence-corrected chi connectivity index (χ1v) is 9.33. The fourth-order valence-corrected chi connectivity index (χ4v) is 3.24. The number of carbonyl (C=O) groups excluding carboxylic acids is 2. The van der Waals surface area contributed by atoms with Crippen LogP contribution in [0, 0.1) is 12.8 Å². The van der Waals surface area contributed by atoms with Gasteiger partial charge in [-0.15, -0.1) is 0 Å². The lowest BCUT2D eigenvalue weighted by Gasteiger charge is -2.18. The predicted octanol–water partition coefficient (Wildman–Crippen LogP) is 5.21. The zero-order valence-electron chi connectivity index (χ0n) is 15.3. The van der Waals surface area contributed by atoms with Crippen LogP contribution in [0.15, 0.2) is 47.5 Å². The zero-order chi connectivity index (χ0) is 19.7. The molecule has 1 heterocycles. The number of benzene rings is 2. The van der Waals surface area contributed by atoms with Crippen LogP contribution in [0.5, 0.6) is 5.75 Å². The summed E-state index contributed by atoms with van der Waals surface area (Å²) in [5.74, 6) is 0.0854. The van der Waals surface area contributed by atoms with Crippen LogP contribution in [0.1, 0.15) is 25.0 Å². The largest absolute Gasteiger partial charge is 0.493 e. The standard InChI is InChI=1S/C21H19Cl2NO3/c1-12(2)11-27-15-9-7-14(8-10-15)18-19(23)21(26)24(20(18)25)17-6-4-5-16(22)13(17)3/h4-10,12H,11H2,1-3H3. The van der Waals surface area contributed by atoms with E-state index in [4.69, 9.17) is 27.9 Å². The Morgan fingerprint density at radius 3 is 2.30 bits per heavy atom. The van der Waals surface area contributed by atoms with Crippen LogP contribution < -0.4 is 9.64 Å². The van der Waals surface area contributed by atoms with Crippen LogP contribution in [0.4, 0.5) is 5.69 Å². The molecule has 0 atom stereocenters. The highest BCUT2D eigenvalue weighted by Crippen LogP contribution is 2.37. The zero-order valence-corrected chi connectivity index (χ0v) is 16.8. The maximum Gasteiger partial charge on any atom is 0.277 e. The Morgan fingerprint density at radius 2 is 1.67 bits per heavy atom. The van der Waals surface area contributed by atoms with E-state index in [-0.39, 0.29) is 10.6 Å². The second kappa shape index (κ2) is 7.75. The number of rotatable bonds is 5. The Morgan fingerprint density at radius 1 is 1.00 bits per heavy atom. The second-order valence-corrected chi connectivity index (χ2v) is 7.53. The van der Waals surface area contributed by atoms with Crippen LogP contribution in [-0.2, 0) is 9.59 Å². The average molecular weight is 404 g/mol. The highest BCUT2D eigenvalue weighted by atomic mass is 35.5. The van der Waals surface area contributed by atoms with E-state index >= 15 is 0 Å². The van der Waals surface area contributed by atoms with E-state index in [1.165, 1.54) is 0 Å². The summed E-state index contributed by atoms with van der Waals surface area (Å²) in [5.41, 5.74) is 1.82. The quantitative estimate of drug-likeness (QED) is 0.643. The number of halogens is 2. The fraction of sp³-hybridized carbons (Fsp3) is 0.238. The maximum atomic E-state index is 13.0. The van der Waals surface area contributed by atoms with Crippen molar-refractivity contribution in [3.8, 4) is 5.75 Å². The summed E-state index contributed by atoms with van der Waals surface area (Å²) in [6.45, 7) is 6.48. The van der Waals surface area contributed by atoms with Gasteiger partial charge in [0.25, 0.3) is 11.8 Å². The van der Waals surface area contributed by atoms with E-state index in [2.05, 4.69) is 13.8 Å². The molecule has 0 saturated carbocycles. The number of carbonyl (C=O) groups is 2. The van der Waals surface area contributed by atoms with Crippen molar-refractivity contribution >= 4 is 46.3 Å². The molecule has 1 aliphatic heterocycles. The minimum atomic E-state index is -0.554. The van der Waals surface area contributed by atoms with Crippen LogP contribution in [0.3, 0.4) is 0 Å². The first-order chi connectivity index (χ1) is 12.8. The van der Waals surface area contributed by atoms with E-state index in [1.54, 1.807) is 49.4 Å². The van der Waals surface area contributed by atoms with Gasteiger partial charge in [-0.2, -0.15) is 0 Å². The van der Waals surface area contributed by atoms with Crippen molar-refractivity contribution in [3.05, 3.63) is 63.6 Å². The van der Waals surface area contributed by atoms with Gasteiger partial charge >= 0.3 is 0 Å². The highest BCUT2D eigenvalue weighted by Gasteiger charge is 2.39. The summed E-state index contributed by atoms with van der Waals surface area (Å²) in [5, 5.41) is 0.375. The molecule has 2 aromatic rings. The van der Waals surface area contributed by atoms with Gasteiger partial charge in [-0.3, -0.25) is 9.59 Å². The van der Waals surface area contributed by atoms with Crippen molar-refractivity contribution in [2.45, 2.75) is 20.8 Å². The van der Waals surface area contributed by atoms with Crippen LogP contribution in [-0.4, -0.2) is 18.4 Å². The lowest BCUT2D eigenvalue weighted by molar-refractivity contribution is -0.119. The summed E-state index contributed by atoms with van der Waals surface area (Å²) < 4.78 is 5.65. The van der Waals surface area contributed by atoms with Crippen molar-refractivity contribution in [1.29, 1.82) is 0 Å². The molecule has 3 rings (SSSR count). The maximum absolute atomic E-state index is 13.0. The van der Waals surface area contributed by atoms with Gasteiger partial charge in [0.2, 0.25) is 0 Å². The number of imide groups is 1. The number of hydrogen-bond donors (Lipinski definition) is 0. The third-order valence-electron chi connectivity index (χ3n) is 4.23. The number of hydrogen-bond acceptors (Lipinski definition) is 3. The molecular weight excluding hydrogens is 385 g/mol. The molecule has 0 bridgehead atoms. The van der Waals surface area contributed by atoms with Crippen molar-refractivity contribution in [2.24, 2.45) is 5.92 Å². The third kappa shape index (κ3) is 3.73. The van der Waals surface area contributed by atoms with E-state index in [1.807, 2.05) is 0 Å². The van der Waals surface area contributed by atoms with Crippen molar-refractivity contribution in [3.63, 3.8) is 0 Å². The molecule has 0 unspecified atom stereocenters. The monoisotopic (exact) mass is 403 g/mol. The molecule has 140 valence electrons. The Labute approximate surface area is 168 Å². The Kier molecular flexibility index (Phi) is 5.59. The average Bonchev–Trinajstić information content (AvgIpc) is 2.85. The molecule has 1 aliphatic rings. The SMILES string of the molecule is Cc1c(Cl)cccc1N1C(=O)C(Cl)=C(c2ccc(OCC(C)C)cc2)C1=O. The topological polar surface area (TPSA) is 46.6 Å². The molecule has 0 N–H and O–H groups in total. The van der Waals surface area contributed by atoms with Gasteiger partial charge in [0, 0.05) is 5.02 Å². The summed E-state index contributed by atoms with van der Waals surface area (Å²) in [7, 11) is 0. The van der Waals surface area contributed by atoms with E-state index in [9.17, 15) is 9.59 Å². The van der Waals surface area contributed by atoms with Crippen molar-refractivity contribution < 1.29 is 14.3 Å². The molecule has 0 saturated heterocycles. The smallest absolute Gasteiger partial charge is 0.277 e. The Hall–Kier alpha value is -2.30. The van der Waals surface area contributed by atoms with Gasteiger partial charge < -0.3 is 4.74 Å². The van der Waals surface area contributed by atoms with Crippen LogP contribution in [0.2, 0.25) is 5.02 Å². The minimum Gasteiger partial charge on any atom is -0.493 e. The predicted molar refractivity (Wildman–Crippen MR) is 108 cm³/mol. The van der Waals surface area contributed by atoms with Crippen LogP contribution in [0.25, 0.3) is 5.57 Å². The molecule has 0 fully saturated rings. The number of amides is 2. The van der Waals surface area contributed by atoms with E-state index in [0.29, 0.717) is 40.1 Å². The van der Waals surface area contributed by atoms with Gasteiger partial charge in [0.1, 0.15) is 10.8 Å². The summed E-state index contributed by atoms with van der Waals surface area (Å²) in [6, 6.07) is 12.1. The van der Waals surface area contributed by atoms with Gasteiger partial charge in [-0.05, 0) is 48.2 Å². The molecule has 2 amide bonds. The third-order valence-corrected chi connectivity index (χ3v) is 4.99. The first kappa shape index (κ1) is 19.5. The summed E-state index contributed by atoms with van der Waals surface area (Å²) in [6.07, 6.45) is 0.